The van der Waals surface area contributed by atoms with Crippen molar-refractivity contribution in [2.75, 3.05) is 15.4 Å². The average Bonchev–Trinajstić information content (AvgIpc) is 2.71. The summed E-state index contributed by atoms with van der Waals surface area (Å²) in [6.45, 7) is 4.74. The zero-order valence-corrected chi connectivity index (χ0v) is 18.5. The van der Waals surface area contributed by atoms with Gasteiger partial charge < -0.3 is 10.6 Å². The summed E-state index contributed by atoms with van der Waals surface area (Å²) in [7, 11) is -4.05. The third-order valence-corrected chi connectivity index (χ3v) is 5.94. The van der Waals surface area contributed by atoms with Crippen LogP contribution in [-0.2, 0) is 14.8 Å². The molecule has 0 spiro atoms. The van der Waals surface area contributed by atoms with Crippen LogP contribution in [-0.4, -0.2) is 20.2 Å². The van der Waals surface area contributed by atoms with Crippen molar-refractivity contribution in [3.63, 3.8) is 0 Å². The van der Waals surface area contributed by atoms with Crippen molar-refractivity contribution in [3.8, 4) is 0 Å². The van der Waals surface area contributed by atoms with E-state index in [0.29, 0.717) is 16.9 Å². The highest BCUT2D eigenvalue weighted by atomic mass is 32.2. The number of carbonyl (C=O) groups excluding carboxylic acids is 2. The van der Waals surface area contributed by atoms with Gasteiger partial charge in [-0.1, -0.05) is 18.2 Å². The van der Waals surface area contributed by atoms with Gasteiger partial charge in [0.05, 0.1) is 16.3 Å². The highest BCUT2D eigenvalue weighted by Gasteiger charge is 2.17. The Balaban J connectivity index is 1.83. The summed E-state index contributed by atoms with van der Waals surface area (Å²) in [6.07, 6.45) is 0. The lowest BCUT2D eigenvalue weighted by molar-refractivity contribution is -0.114. The van der Waals surface area contributed by atoms with E-state index in [9.17, 15) is 22.4 Å². The normalized spacial score (nSPS) is 11.0. The second-order valence-corrected chi connectivity index (χ2v) is 8.96. The Bertz CT molecular complexity index is 1310. The summed E-state index contributed by atoms with van der Waals surface area (Å²) in [5.41, 5.74) is 2.39. The van der Waals surface area contributed by atoms with Gasteiger partial charge in [-0.05, 0) is 67.4 Å². The van der Waals surface area contributed by atoms with Crippen molar-refractivity contribution in [1.29, 1.82) is 0 Å². The Morgan fingerprint density at radius 1 is 0.875 bits per heavy atom. The molecule has 2 amide bonds. The molecule has 0 unspecified atom stereocenters. The van der Waals surface area contributed by atoms with Gasteiger partial charge >= 0.3 is 0 Å². The first-order chi connectivity index (χ1) is 15.0. The van der Waals surface area contributed by atoms with Crippen molar-refractivity contribution >= 4 is 38.9 Å². The van der Waals surface area contributed by atoms with Gasteiger partial charge in [-0.3, -0.25) is 14.3 Å². The Morgan fingerprint density at radius 2 is 1.62 bits per heavy atom. The smallest absolute Gasteiger partial charge is 0.261 e. The lowest BCUT2D eigenvalue weighted by Crippen LogP contribution is -2.16. The van der Waals surface area contributed by atoms with E-state index in [0.717, 1.165) is 11.6 Å². The van der Waals surface area contributed by atoms with Gasteiger partial charge in [0.2, 0.25) is 5.91 Å². The van der Waals surface area contributed by atoms with E-state index in [1.165, 1.54) is 50.2 Å². The van der Waals surface area contributed by atoms with Gasteiger partial charge in [0.15, 0.2) is 0 Å². The molecule has 7 nitrogen and oxygen atoms in total. The molecule has 0 radical (unpaired) electrons. The Kier molecular flexibility index (Phi) is 6.59. The third-order valence-electron chi connectivity index (χ3n) is 4.56. The van der Waals surface area contributed by atoms with Crippen molar-refractivity contribution in [2.24, 2.45) is 0 Å². The number of anilines is 3. The van der Waals surface area contributed by atoms with Gasteiger partial charge in [-0.2, -0.15) is 0 Å². The number of hydrogen-bond donors (Lipinski definition) is 3. The maximum absolute atomic E-state index is 13.8. The Hall–Kier alpha value is -3.72. The monoisotopic (exact) mass is 455 g/mol. The van der Waals surface area contributed by atoms with E-state index in [1.54, 1.807) is 18.2 Å². The zero-order chi connectivity index (χ0) is 23.5. The molecule has 0 aliphatic heterocycles. The summed E-state index contributed by atoms with van der Waals surface area (Å²) in [4.78, 5) is 24.0. The molecule has 3 aromatic rings. The van der Waals surface area contributed by atoms with Crippen LogP contribution in [0.1, 0.15) is 28.4 Å². The molecule has 32 heavy (non-hydrogen) atoms. The molecule has 166 valence electrons. The molecule has 3 aromatic carbocycles. The Morgan fingerprint density at radius 3 is 2.31 bits per heavy atom. The summed E-state index contributed by atoms with van der Waals surface area (Å²) in [6, 6.07) is 14.7. The number of hydrogen-bond acceptors (Lipinski definition) is 4. The quantitative estimate of drug-likeness (QED) is 0.511. The minimum atomic E-state index is -4.05. The van der Waals surface area contributed by atoms with Crippen molar-refractivity contribution in [1.82, 2.24) is 0 Å². The predicted octanol–water partition coefficient (Wildman–Crippen LogP) is 4.45. The minimum Gasteiger partial charge on any atom is -0.325 e. The lowest BCUT2D eigenvalue weighted by atomic mass is 10.1. The average molecular weight is 456 g/mol. The second kappa shape index (κ2) is 9.19. The molecule has 0 aromatic heterocycles. The van der Waals surface area contributed by atoms with E-state index in [2.05, 4.69) is 15.4 Å². The van der Waals surface area contributed by atoms with Gasteiger partial charge in [-0.15, -0.1) is 0 Å². The highest BCUT2D eigenvalue weighted by Crippen LogP contribution is 2.25. The summed E-state index contributed by atoms with van der Waals surface area (Å²) >= 11 is 0. The van der Waals surface area contributed by atoms with Crippen LogP contribution in [0.3, 0.4) is 0 Å². The molecular formula is C23H22FN3O4S. The van der Waals surface area contributed by atoms with Crippen molar-refractivity contribution in [2.45, 2.75) is 25.7 Å². The molecule has 0 aliphatic carbocycles. The van der Waals surface area contributed by atoms with E-state index in [-0.39, 0.29) is 22.1 Å². The molecule has 0 heterocycles. The van der Waals surface area contributed by atoms with Crippen molar-refractivity contribution < 1.29 is 22.4 Å². The standard InChI is InChI=1S/C23H22FN3O4S/c1-14-7-10-21(25-16(3)28)22(11-14)26-23(29)17-5-4-6-18(12-17)27-32(30,31)19-9-8-15(2)20(24)13-19/h4-13,27H,1-3H3,(H,25,28)(H,26,29). The van der Waals surface area contributed by atoms with Crippen LogP contribution in [0.15, 0.2) is 65.6 Å². The number of aryl methyl sites for hydroxylation is 2. The molecule has 0 saturated carbocycles. The number of nitrogens with one attached hydrogen (secondary N) is 3. The van der Waals surface area contributed by atoms with Gasteiger partial charge in [-0.25, -0.2) is 12.8 Å². The summed E-state index contributed by atoms with van der Waals surface area (Å²) < 4.78 is 41.4. The van der Waals surface area contributed by atoms with Crippen LogP contribution in [0.25, 0.3) is 0 Å². The topological polar surface area (TPSA) is 104 Å². The summed E-state index contributed by atoms with van der Waals surface area (Å²) in [5, 5.41) is 5.38. The van der Waals surface area contributed by atoms with E-state index in [1.807, 2.05) is 6.92 Å². The number of rotatable bonds is 6. The number of carbonyl (C=O) groups is 2. The van der Waals surface area contributed by atoms with Crippen LogP contribution in [0, 0.1) is 19.7 Å². The van der Waals surface area contributed by atoms with Crippen molar-refractivity contribution in [3.05, 3.63) is 83.2 Å². The number of benzene rings is 3. The number of halogens is 1. The number of amides is 2. The van der Waals surface area contributed by atoms with Gasteiger partial charge in [0.25, 0.3) is 15.9 Å². The van der Waals surface area contributed by atoms with E-state index >= 15 is 0 Å². The maximum atomic E-state index is 13.8. The largest absolute Gasteiger partial charge is 0.325 e. The van der Waals surface area contributed by atoms with E-state index < -0.39 is 21.7 Å². The molecule has 0 saturated heterocycles. The highest BCUT2D eigenvalue weighted by molar-refractivity contribution is 7.92. The van der Waals surface area contributed by atoms with Crippen LogP contribution in [0.4, 0.5) is 21.5 Å². The van der Waals surface area contributed by atoms with Crippen LogP contribution in [0.2, 0.25) is 0 Å². The SMILES string of the molecule is CC(=O)Nc1ccc(C)cc1NC(=O)c1cccc(NS(=O)(=O)c2ccc(C)c(F)c2)c1. The van der Waals surface area contributed by atoms with Gasteiger partial charge in [0.1, 0.15) is 5.82 Å². The second-order valence-electron chi connectivity index (χ2n) is 7.28. The number of sulfonamides is 1. The first-order valence-electron chi connectivity index (χ1n) is 9.64. The van der Waals surface area contributed by atoms with Crippen LogP contribution in [0.5, 0.6) is 0 Å². The molecule has 0 atom stereocenters. The first kappa shape index (κ1) is 23.0. The van der Waals surface area contributed by atoms with E-state index in [4.69, 9.17) is 0 Å². The van der Waals surface area contributed by atoms with Crippen LogP contribution >= 0.6 is 0 Å². The molecular weight excluding hydrogens is 433 g/mol. The summed E-state index contributed by atoms with van der Waals surface area (Å²) in [5.74, 6) is -1.41. The fourth-order valence-electron chi connectivity index (χ4n) is 2.93. The van der Waals surface area contributed by atoms with Crippen LogP contribution < -0.4 is 15.4 Å². The Labute approximate surface area is 185 Å². The molecule has 3 N–H and O–H groups in total. The molecule has 9 heteroatoms. The fourth-order valence-corrected chi connectivity index (χ4v) is 3.99. The van der Waals surface area contributed by atoms with Gasteiger partial charge in [0, 0.05) is 18.2 Å². The molecule has 0 bridgehead atoms. The zero-order valence-electron chi connectivity index (χ0n) is 17.7. The maximum Gasteiger partial charge on any atom is 0.261 e. The third kappa shape index (κ3) is 5.50. The predicted molar refractivity (Wildman–Crippen MR) is 122 cm³/mol. The molecule has 0 aliphatic rings. The lowest BCUT2D eigenvalue weighted by Gasteiger charge is -2.13. The molecule has 3 rings (SSSR count). The fraction of sp³-hybridized carbons (Fsp3) is 0.130. The molecule has 0 fully saturated rings. The first-order valence-corrected chi connectivity index (χ1v) is 11.1. The minimum absolute atomic E-state index is 0.143.